The number of ether oxygens (including phenoxy) is 1. The van der Waals surface area contributed by atoms with Gasteiger partial charge in [-0.1, -0.05) is 86.1 Å². The zero-order valence-electron chi connectivity index (χ0n) is 26.8. The van der Waals surface area contributed by atoms with E-state index in [1.54, 1.807) is 7.11 Å². The van der Waals surface area contributed by atoms with Crippen molar-refractivity contribution in [1.29, 1.82) is 0 Å². The molecule has 240 valence electrons. The summed E-state index contributed by atoms with van der Waals surface area (Å²) in [5.74, 6) is 0.823. The van der Waals surface area contributed by atoms with Crippen LogP contribution >= 0.6 is 0 Å². The Bertz CT molecular complexity index is 1580. The van der Waals surface area contributed by atoms with E-state index in [-0.39, 0.29) is 17.7 Å². The fourth-order valence-electron chi connectivity index (χ4n) is 6.18. The van der Waals surface area contributed by atoms with Crippen LogP contribution in [0, 0.1) is 0 Å². The molecule has 3 atom stereocenters. The monoisotopic (exact) mass is 619 g/mol. The molecule has 1 saturated heterocycles. The van der Waals surface area contributed by atoms with Crippen LogP contribution in [0.2, 0.25) is 0 Å². The van der Waals surface area contributed by atoms with Crippen LogP contribution in [-0.2, 0) is 24.2 Å². The fourth-order valence-corrected chi connectivity index (χ4v) is 6.18. The molecule has 4 aromatic carbocycles. The molecule has 2 amide bonds. The number of anilines is 1. The van der Waals surface area contributed by atoms with Gasteiger partial charge in [-0.15, -0.1) is 0 Å². The van der Waals surface area contributed by atoms with Crippen molar-refractivity contribution >= 4 is 17.5 Å². The molecule has 1 aliphatic heterocycles. The molecule has 3 N–H and O–H groups in total. The van der Waals surface area contributed by atoms with Gasteiger partial charge in [0.15, 0.2) is 0 Å². The molecule has 1 heterocycles. The molecule has 5 rings (SSSR count). The summed E-state index contributed by atoms with van der Waals surface area (Å²) in [4.78, 5) is 29.0. The number of benzene rings is 4. The van der Waals surface area contributed by atoms with E-state index in [4.69, 9.17) is 4.74 Å². The van der Waals surface area contributed by atoms with Gasteiger partial charge in [0.2, 0.25) is 5.91 Å². The summed E-state index contributed by atoms with van der Waals surface area (Å²) in [6.07, 6.45) is 2.62. The van der Waals surface area contributed by atoms with E-state index in [1.807, 2.05) is 95.9 Å². The summed E-state index contributed by atoms with van der Waals surface area (Å²) in [7, 11) is 1.64. The topological polar surface area (TPSA) is 90.9 Å². The molecular weight excluding hydrogens is 574 g/mol. The van der Waals surface area contributed by atoms with Crippen molar-refractivity contribution in [2.45, 2.75) is 63.6 Å². The molecule has 4 aromatic rings. The van der Waals surface area contributed by atoms with Gasteiger partial charge in [-0.3, -0.25) is 9.59 Å². The lowest BCUT2D eigenvalue weighted by atomic mass is 9.89. The summed E-state index contributed by atoms with van der Waals surface area (Å²) < 4.78 is 5.33. The van der Waals surface area contributed by atoms with E-state index in [0.29, 0.717) is 38.0 Å². The first kappa shape index (κ1) is 32.9. The summed E-state index contributed by atoms with van der Waals surface area (Å²) >= 11 is 0. The molecule has 0 spiro atoms. The lowest BCUT2D eigenvalue weighted by Gasteiger charge is -2.33. The number of piperidine rings is 1. The molecule has 7 heteroatoms. The van der Waals surface area contributed by atoms with Crippen LogP contribution in [0.15, 0.2) is 103 Å². The van der Waals surface area contributed by atoms with Crippen LogP contribution in [-0.4, -0.2) is 49.3 Å². The Balaban J connectivity index is 1.34. The van der Waals surface area contributed by atoms with Gasteiger partial charge < -0.3 is 25.4 Å². The van der Waals surface area contributed by atoms with E-state index in [9.17, 15) is 14.7 Å². The predicted molar refractivity (Wildman–Crippen MR) is 183 cm³/mol. The number of aliphatic hydroxyl groups excluding tert-OH is 1. The van der Waals surface area contributed by atoms with Crippen molar-refractivity contribution in [2.24, 2.45) is 0 Å². The first-order valence-corrected chi connectivity index (χ1v) is 16.3. The van der Waals surface area contributed by atoms with Gasteiger partial charge in [0.25, 0.3) is 5.91 Å². The number of aryl methyl sites for hydroxylation is 1. The second-order valence-corrected chi connectivity index (χ2v) is 12.1. The lowest BCUT2D eigenvalue weighted by Crippen LogP contribution is -2.48. The number of nitrogens with one attached hydrogen (secondary N) is 2. The number of rotatable bonds is 14. The highest BCUT2D eigenvalue weighted by molar-refractivity contribution is 5.99. The molecule has 46 heavy (non-hydrogen) atoms. The third-order valence-corrected chi connectivity index (χ3v) is 8.67. The van der Waals surface area contributed by atoms with Gasteiger partial charge in [-0.25, -0.2) is 0 Å². The smallest absolute Gasteiger partial charge is 0.251 e. The Morgan fingerprint density at radius 2 is 1.67 bits per heavy atom. The maximum atomic E-state index is 13.9. The first-order valence-electron chi connectivity index (χ1n) is 16.3. The minimum absolute atomic E-state index is 0.0756. The maximum Gasteiger partial charge on any atom is 0.251 e. The van der Waals surface area contributed by atoms with Gasteiger partial charge in [-0.05, 0) is 71.8 Å². The normalized spacial score (nSPS) is 16.1. The minimum atomic E-state index is -0.844. The Morgan fingerprint density at radius 3 is 2.41 bits per heavy atom. The highest BCUT2D eigenvalue weighted by atomic mass is 16.5. The summed E-state index contributed by atoms with van der Waals surface area (Å²) in [5, 5.41) is 17.8. The van der Waals surface area contributed by atoms with Crippen molar-refractivity contribution in [3.05, 3.63) is 131 Å². The van der Waals surface area contributed by atoms with Gasteiger partial charge in [0.05, 0.1) is 19.3 Å². The number of carbonyl (C=O) groups excluding carboxylic acids is 2. The van der Waals surface area contributed by atoms with Crippen molar-refractivity contribution in [1.82, 2.24) is 10.6 Å². The van der Waals surface area contributed by atoms with Crippen LogP contribution in [0.25, 0.3) is 0 Å². The number of methoxy groups -OCH3 is 1. The molecule has 0 aliphatic carbocycles. The fraction of sp³-hybridized carbons (Fsp3) is 0.333. The molecule has 0 radical (unpaired) electrons. The molecule has 1 aliphatic rings. The van der Waals surface area contributed by atoms with Gasteiger partial charge >= 0.3 is 0 Å². The third kappa shape index (κ3) is 8.83. The van der Waals surface area contributed by atoms with Crippen LogP contribution in [0.1, 0.15) is 64.7 Å². The molecular formula is C39H45N3O4. The van der Waals surface area contributed by atoms with E-state index in [2.05, 4.69) is 29.7 Å². The van der Waals surface area contributed by atoms with Crippen LogP contribution in [0.5, 0.6) is 5.75 Å². The molecule has 3 unspecified atom stereocenters. The Labute approximate surface area is 272 Å². The number of nitrogens with zero attached hydrogens (tertiary/aromatic N) is 1. The highest BCUT2D eigenvalue weighted by Gasteiger charge is 2.29. The Kier molecular flexibility index (Phi) is 11.6. The average Bonchev–Trinajstić information content (AvgIpc) is 3.09. The molecule has 7 nitrogen and oxygen atoms in total. The molecule has 0 saturated carbocycles. The van der Waals surface area contributed by atoms with Crippen LogP contribution in [0.3, 0.4) is 0 Å². The second kappa shape index (κ2) is 16.2. The lowest BCUT2D eigenvalue weighted by molar-refractivity contribution is -0.119. The van der Waals surface area contributed by atoms with Gasteiger partial charge in [-0.2, -0.15) is 0 Å². The summed E-state index contributed by atoms with van der Waals surface area (Å²) in [5.41, 5.74) is 5.54. The van der Waals surface area contributed by atoms with Crippen molar-refractivity contribution in [3.8, 4) is 5.75 Å². The van der Waals surface area contributed by atoms with E-state index in [0.717, 1.165) is 47.4 Å². The number of carbonyl (C=O) groups is 2. The van der Waals surface area contributed by atoms with Gasteiger partial charge in [0, 0.05) is 43.2 Å². The summed E-state index contributed by atoms with van der Waals surface area (Å²) in [6, 6.07) is 33.2. The van der Waals surface area contributed by atoms with Crippen molar-refractivity contribution in [3.63, 3.8) is 0 Å². The number of aliphatic hydroxyl groups is 1. The predicted octanol–water partition coefficient (Wildman–Crippen LogP) is 6.05. The number of hydrogen-bond acceptors (Lipinski definition) is 5. The molecule has 0 aromatic heterocycles. The van der Waals surface area contributed by atoms with E-state index >= 15 is 0 Å². The highest BCUT2D eigenvalue weighted by Crippen LogP contribution is 2.32. The average molecular weight is 620 g/mol. The van der Waals surface area contributed by atoms with E-state index in [1.165, 1.54) is 5.56 Å². The van der Waals surface area contributed by atoms with Gasteiger partial charge in [0.1, 0.15) is 5.75 Å². The first-order chi connectivity index (χ1) is 22.4. The summed E-state index contributed by atoms with van der Waals surface area (Å²) in [6.45, 7) is 3.53. The molecule has 1 fully saturated rings. The minimum Gasteiger partial charge on any atom is -0.497 e. The Morgan fingerprint density at radius 1 is 0.935 bits per heavy atom. The van der Waals surface area contributed by atoms with Crippen molar-refractivity contribution in [2.75, 3.05) is 25.1 Å². The zero-order valence-corrected chi connectivity index (χ0v) is 26.8. The number of hydrogen-bond donors (Lipinski definition) is 3. The quantitative estimate of drug-likeness (QED) is 0.160. The zero-order chi connectivity index (χ0) is 32.3. The van der Waals surface area contributed by atoms with Crippen molar-refractivity contribution < 1.29 is 19.4 Å². The standard InChI is InChI=1S/C39H45N3O4/c1-3-11-29-20-33(24-34(21-29)42-27-32(18-19-38(42)44)31-15-8-5-9-16-31)39(45)41-36(23-28-12-6-4-7-13-28)37(43)26-40-25-30-14-10-17-35(22-30)46-2/h4-10,12-17,20-22,24,32,36-37,40,43H,3,11,18-19,23,25-27H2,1-2H3,(H,41,45). The Hall–Kier alpha value is -4.46. The van der Waals surface area contributed by atoms with E-state index < -0.39 is 12.1 Å². The third-order valence-electron chi connectivity index (χ3n) is 8.67. The maximum absolute atomic E-state index is 13.9. The number of amides is 2. The van der Waals surface area contributed by atoms with Crippen LogP contribution < -0.4 is 20.3 Å². The molecule has 0 bridgehead atoms. The van der Waals surface area contributed by atoms with Crippen LogP contribution in [0.4, 0.5) is 5.69 Å². The second-order valence-electron chi connectivity index (χ2n) is 12.1. The SMILES string of the molecule is CCCc1cc(C(=O)NC(Cc2ccccc2)C(O)CNCc2cccc(OC)c2)cc(N2CC(c3ccccc3)CCC2=O)c1. The largest absolute Gasteiger partial charge is 0.497 e.